The third kappa shape index (κ3) is 4.76. The van der Waals surface area contributed by atoms with E-state index < -0.39 is 10.9 Å². The first-order valence-electron chi connectivity index (χ1n) is 8.24. The van der Waals surface area contributed by atoms with E-state index in [1.807, 2.05) is 0 Å². The van der Waals surface area contributed by atoms with Gasteiger partial charge in [0.15, 0.2) is 5.69 Å². The predicted molar refractivity (Wildman–Crippen MR) is 99.2 cm³/mol. The molecule has 0 aliphatic heterocycles. The number of ether oxygens (including phenoxy) is 1. The summed E-state index contributed by atoms with van der Waals surface area (Å²) in [6, 6.07) is 6.14. The highest BCUT2D eigenvalue weighted by Gasteiger charge is 2.32. The number of nitrogens with zero attached hydrogens (tertiary/aromatic N) is 3. The molecule has 1 amide bonds. The minimum Gasteiger partial charge on any atom is -0.464 e. The first kappa shape index (κ1) is 18.7. The van der Waals surface area contributed by atoms with Crippen molar-refractivity contribution >= 4 is 35.0 Å². The Morgan fingerprint density at radius 2 is 2.07 bits per heavy atom. The van der Waals surface area contributed by atoms with E-state index in [2.05, 4.69) is 9.72 Å². The average molecular weight is 387 g/mol. The van der Waals surface area contributed by atoms with Crippen molar-refractivity contribution in [1.82, 2.24) is 9.88 Å². The zero-order chi connectivity index (χ0) is 19.4. The molecule has 27 heavy (non-hydrogen) atoms. The molecule has 1 heterocycles. The number of rotatable bonds is 7. The fourth-order valence-electron chi connectivity index (χ4n) is 2.47. The van der Waals surface area contributed by atoms with Gasteiger partial charge in [0.1, 0.15) is 5.01 Å². The highest BCUT2D eigenvalue weighted by atomic mass is 32.1. The molecule has 0 atom stereocenters. The van der Waals surface area contributed by atoms with Crippen molar-refractivity contribution in [3.8, 4) is 0 Å². The van der Waals surface area contributed by atoms with E-state index in [4.69, 9.17) is 0 Å². The number of aromatic nitrogens is 1. The van der Waals surface area contributed by atoms with Crippen LogP contribution in [0, 0.1) is 10.1 Å². The number of benzene rings is 1. The van der Waals surface area contributed by atoms with E-state index in [1.54, 1.807) is 28.5 Å². The van der Waals surface area contributed by atoms with Gasteiger partial charge in [-0.2, -0.15) is 0 Å². The quantitative estimate of drug-likeness (QED) is 0.313. The fourth-order valence-corrected chi connectivity index (χ4v) is 3.23. The molecule has 2 aromatic rings. The number of thiazole rings is 1. The van der Waals surface area contributed by atoms with Crippen LogP contribution in [0.15, 0.2) is 35.7 Å². The minimum absolute atomic E-state index is 0.00302. The lowest BCUT2D eigenvalue weighted by molar-refractivity contribution is -0.384. The summed E-state index contributed by atoms with van der Waals surface area (Å²) < 4.78 is 4.64. The number of esters is 1. The number of nitro groups is 1. The normalized spacial score (nSPS) is 13.5. The summed E-state index contributed by atoms with van der Waals surface area (Å²) in [5, 5.41) is 13.0. The van der Waals surface area contributed by atoms with Crippen LogP contribution in [0.2, 0.25) is 0 Å². The first-order chi connectivity index (χ1) is 13.0. The van der Waals surface area contributed by atoms with E-state index in [0.29, 0.717) is 17.1 Å². The molecule has 1 aromatic carbocycles. The van der Waals surface area contributed by atoms with Crippen molar-refractivity contribution in [2.75, 3.05) is 7.11 Å². The first-order valence-corrected chi connectivity index (χ1v) is 9.11. The van der Waals surface area contributed by atoms with Gasteiger partial charge in [0.05, 0.1) is 18.6 Å². The fraction of sp³-hybridized carbons (Fsp3) is 0.278. The second-order valence-electron chi connectivity index (χ2n) is 6.00. The van der Waals surface area contributed by atoms with Gasteiger partial charge in [-0.15, -0.1) is 11.3 Å². The summed E-state index contributed by atoms with van der Waals surface area (Å²) in [7, 11) is 1.30. The molecule has 1 fully saturated rings. The number of nitro benzene ring substituents is 1. The van der Waals surface area contributed by atoms with Gasteiger partial charge in [0.2, 0.25) is 5.91 Å². The Kier molecular flexibility index (Phi) is 5.60. The number of hydrogen-bond donors (Lipinski definition) is 0. The van der Waals surface area contributed by atoms with Gasteiger partial charge < -0.3 is 9.64 Å². The van der Waals surface area contributed by atoms with Crippen molar-refractivity contribution in [1.29, 1.82) is 0 Å². The van der Waals surface area contributed by atoms with Crippen LogP contribution in [0.5, 0.6) is 0 Å². The summed E-state index contributed by atoms with van der Waals surface area (Å²) in [4.78, 5) is 40.3. The van der Waals surface area contributed by atoms with Gasteiger partial charge in [0, 0.05) is 29.6 Å². The zero-order valence-corrected chi connectivity index (χ0v) is 15.3. The van der Waals surface area contributed by atoms with Crippen molar-refractivity contribution < 1.29 is 19.2 Å². The minimum atomic E-state index is -0.500. The Bertz CT molecular complexity index is 887. The maximum absolute atomic E-state index is 12.6. The largest absolute Gasteiger partial charge is 0.464 e. The molecule has 1 aliphatic carbocycles. The lowest BCUT2D eigenvalue weighted by Crippen LogP contribution is -2.31. The molecule has 3 rings (SSSR count). The Hall–Kier alpha value is -3.07. The number of methoxy groups -OCH3 is 1. The zero-order valence-electron chi connectivity index (χ0n) is 14.5. The average Bonchev–Trinajstić information content (AvgIpc) is 3.41. The molecule has 0 N–H and O–H groups in total. The lowest BCUT2D eigenvalue weighted by atomic mass is 10.2. The topological polar surface area (TPSA) is 103 Å². The van der Waals surface area contributed by atoms with E-state index in [9.17, 15) is 19.7 Å². The van der Waals surface area contributed by atoms with Gasteiger partial charge in [-0.05, 0) is 36.6 Å². The molecule has 1 aromatic heterocycles. The molecule has 0 bridgehead atoms. The van der Waals surface area contributed by atoms with Gasteiger partial charge >= 0.3 is 5.97 Å². The van der Waals surface area contributed by atoms with Gasteiger partial charge in [-0.25, -0.2) is 9.78 Å². The summed E-state index contributed by atoms with van der Waals surface area (Å²) in [6.07, 6.45) is 4.95. The van der Waals surface area contributed by atoms with E-state index >= 15 is 0 Å². The van der Waals surface area contributed by atoms with Gasteiger partial charge in [-0.3, -0.25) is 14.9 Å². The third-order valence-electron chi connectivity index (χ3n) is 4.04. The van der Waals surface area contributed by atoms with Crippen molar-refractivity contribution in [3.63, 3.8) is 0 Å². The van der Waals surface area contributed by atoms with E-state index in [0.717, 1.165) is 12.8 Å². The SMILES string of the molecule is COC(=O)c1csc(CN(C(=O)C=Cc2ccc([N+](=O)[O-])cc2)C2CC2)n1. The van der Waals surface area contributed by atoms with Crippen molar-refractivity contribution in [3.05, 3.63) is 62.1 Å². The molecule has 9 heteroatoms. The summed E-state index contributed by atoms with van der Waals surface area (Å²) in [6.45, 7) is 0.329. The van der Waals surface area contributed by atoms with Crippen LogP contribution in [-0.2, 0) is 16.1 Å². The van der Waals surface area contributed by atoms with Gasteiger partial charge in [0.25, 0.3) is 5.69 Å². The van der Waals surface area contributed by atoms with Crippen LogP contribution in [0.25, 0.3) is 6.08 Å². The molecule has 0 radical (unpaired) electrons. The number of amides is 1. The molecule has 0 saturated heterocycles. The molecule has 1 aliphatic rings. The maximum atomic E-state index is 12.6. The third-order valence-corrected chi connectivity index (χ3v) is 4.88. The van der Waals surface area contributed by atoms with Crippen LogP contribution in [0.4, 0.5) is 5.69 Å². The molecular formula is C18H17N3O5S. The summed E-state index contributed by atoms with van der Waals surface area (Å²) in [5.74, 6) is -0.662. The summed E-state index contributed by atoms with van der Waals surface area (Å²) >= 11 is 1.31. The number of carbonyl (C=O) groups is 2. The molecule has 140 valence electrons. The second-order valence-corrected chi connectivity index (χ2v) is 6.94. The molecule has 1 saturated carbocycles. The van der Waals surface area contributed by atoms with Crippen molar-refractivity contribution in [2.24, 2.45) is 0 Å². The molecule has 0 spiro atoms. The summed E-state index contributed by atoms with van der Waals surface area (Å²) in [5.41, 5.74) is 0.942. The second kappa shape index (κ2) is 8.09. The van der Waals surface area contributed by atoms with Crippen molar-refractivity contribution in [2.45, 2.75) is 25.4 Å². The number of non-ortho nitro benzene ring substituents is 1. The van der Waals surface area contributed by atoms with Crippen LogP contribution >= 0.6 is 11.3 Å². The predicted octanol–water partition coefficient (Wildman–Crippen LogP) is 3.04. The van der Waals surface area contributed by atoms with Crippen LogP contribution < -0.4 is 0 Å². The maximum Gasteiger partial charge on any atom is 0.357 e. The van der Waals surface area contributed by atoms with E-state index in [-0.39, 0.29) is 23.3 Å². The Labute approximate surface area is 159 Å². The van der Waals surface area contributed by atoms with Crippen LogP contribution in [0.3, 0.4) is 0 Å². The van der Waals surface area contributed by atoms with Crippen LogP contribution in [0.1, 0.15) is 33.9 Å². The smallest absolute Gasteiger partial charge is 0.357 e. The Morgan fingerprint density at radius 3 is 2.67 bits per heavy atom. The van der Waals surface area contributed by atoms with E-state index in [1.165, 1.54) is 36.7 Å². The number of carbonyl (C=O) groups excluding carboxylic acids is 2. The molecule has 8 nitrogen and oxygen atoms in total. The number of hydrogen-bond acceptors (Lipinski definition) is 7. The Balaban J connectivity index is 1.67. The highest BCUT2D eigenvalue weighted by molar-refractivity contribution is 7.09. The monoisotopic (exact) mass is 387 g/mol. The lowest BCUT2D eigenvalue weighted by Gasteiger charge is -2.19. The highest BCUT2D eigenvalue weighted by Crippen LogP contribution is 2.29. The van der Waals surface area contributed by atoms with Gasteiger partial charge in [-0.1, -0.05) is 0 Å². The standard InChI is InChI=1S/C18H17N3O5S/c1-26-18(23)15-11-27-16(19-15)10-20(13-7-8-13)17(22)9-4-12-2-5-14(6-3-12)21(24)25/h2-6,9,11,13H,7-8,10H2,1H3. The molecular weight excluding hydrogens is 370 g/mol. The van der Waals surface area contributed by atoms with Crippen LogP contribution in [-0.4, -0.2) is 39.8 Å². The Morgan fingerprint density at radius 1 is 1.37 bits per heavy atom. The molecule has 0 unspecified atom stereocenters.